The molecule has 8 heteroatoms. The van der Waals surface area contributed by atoms with Gasteiger partial charge in [0.05, 0.1) is 5.16 Å². The fourth-order valence-electron chi connectivity index (χ4n) is 2.97. The van der Waals surface area contributed by atoms with E-state index in [0.29, 0.717) is 17.5 Å². The Labute approximate surface area is 186 Å². The summed E-state index contributed by atoms with van der Waals surface area (Å²) in [5.74, 6) is 3.55. The van der Waals surface area contributed by atoms with E-state index >= 15 is 0 Å². The van der Waals surface area contributed by atoms with Gasteiger partial charge in [0.1, 0.15) is 11.4 Å². The lowest BCUT2D eigenvalue weighted by Gasteiger charge is -2.10. The van der Waals surface area contributed by atoms with Crippen molar-refractivity contribution in [2.75, 3.05) is 0 Å². The van der Waals surface area contributed by atoms with Gasteiger partial charge in [-0.3, -0.25) is 0 Å². The van der Waals surface area contributed by atoms with Gasteiger partial charge in [0.15, 0.2) is 11.6 Å². The van der Waals surface area contributed by atoms with E-state index in [9.17, 15) is 22.0 Å². The third-order valence-corrected chi connectivity index (χ3v) is 4.51. The van der Waals surface area contributed by atoms with Crippen molar-refractivity contribution in [2.45, 2.75) is 19.7 Å². The average molecular weight is 459 g/mol. The normalized spacial score (nSPS) is 10.7. The third kappa shape index (κ3) is 5.79. The summed E-state index contributed by atoms with van der Waals surface area (Å²) in [7, 11) is 0. The maximum atomic E-state index is 14.0. The first-order chi connectivity index (χ1) is 15.2. The molecular weight excluding hydrogens is 445 g/mol. The Balaban J connectivity index is 1.88. The summed E-state index contributed by atoms with van der Waals surface area (Å²) < 4.78 is 68.8. The molecule has 2 nitrogen and oxygen atoms in total. The number of ether oxygens (including phenoxy) is 1. The van der Waals surface area contributed by atoms with Gasteiger partial charge in [0, 0.05) is 11.1 Å². The summed E-state index contributed by atoms with van der Waals surface area (Å²) in [5, 5.41) is 1.93. The van der Waals surface area contributed by atoms with E-state index in [4.69, 9.17) is 0 Å². The van der Waals surface area contributed by atoms with Crippen molar-refractivity contribution in [1.29, 1.82) is 0 Å². The molecule has 3 rings (SSSR count). The Kier molecular flexibility index (Phi) is 7.04. The van der Waals surface area contributed by atoms with Crippen LogP contribution in [-0.2, 0) is 6.42 Å². The SMILES string of the molecule is CCc1cc(-c2ccc(OC(F)(F)F)cc2)ccc1C#Cc1cc(F)c(N=C=S)c(F)c1. The number of nitrogens with zero attached hydrogens (tertiary/aromatic N) is 1. The predicted octanol–water partition coefficient (Wildman–Crippen LogP) is 7.23. The van der Waals surface area contributed by atoms with Crippen LogP contribution in [0.1, 0.15) is 23.6 Å². The average Bonchev–Trinajstić information content (AvgIpc) is 2.74. The number of hydrogen-bond acceptors (Lipinski definition) is 3. The van der Waals surface area contributed by atoms with Gasteiger partial charge in [0.25, 0.3) is 0 Å². The fourth-order valence-corrected chi connectivity index (χ4v) is 3.06. The minimum atomic E-state index is -4.75. The molecule has 3 aromatic carbocycles. The van der Waals surface area contributed by atoms with E-state index in [-0.39, 0.29) is 11.3 Å². The molecular formula is C24H14F5NOS. The zero-order valence-electron chi connectivity index (χ0n) is 16.6. The first-order valence-electron chi connectivity index (χ1n) is 9.28. The second kappa shape index (κ2) is 9.73. The van der Waals surface area contributed by atoms with Crippen molar-refractivity contribution >= 4 is 23.1 Å². The second-order valence-electron chi connectivity index (χ2n) is 6.54. The number of hydrogen-bond donors (Lipinski definition) is 0. The van der Waals surface area contributed by atoms with Crippen LogP contribution in [0, 0.1) is 23.5 Å². The number of benzene rings is 3. The molecule has 0 spiro atoms. The molecule has 0 aliphatic carbocycles. The van der Waals surface area contributed by atoms with Crippen molar-refractivity contribution in [1.82, 2.24) is 0 Å². The van der Waals surface area contributed by atoms with E-state index < -0.39 is 23.7 Å². The lowest BCUT2D eigenvalue weighted by atomic mass is 9.97. The van der Waals surface area contributed by atoms with Gasteiger partial charge in [-0.15, -0.1) is 13.2 Å². The molecule has 0 saturated carbocycles. The van der Waals surface area contributed by atoms with E-state index in [0.717, 1.165) is 23.3 Å². The zero-order chi connectivity index (χ0) is 23.3. The van der Waals surface area contributed by atoms with Crippen molar-refractivity contribution in [2.24, 2.45) is 4.99 Å². The van der Waals surface area contributed by atoms with Crippen LogP contribution < -0.4 is 4.74 Å². The number of rotatable bonds is 4. The molecule has 0 heterocycles. The first-order valence-corrected chi connectivity index (χ1v) is 9.69. The number of alkyl halides is 3. The van der Waals surface area contributed by atoms with Crippen molar-refractivity contribution in [3.05, 3.63) is 82.9 Å². The summed E-state index contributed by atoms with van der Waals surface area (Å²) >= 11 is 4.37. The standard InChI is InChI=1S/C24H14F5NOS/c1-2-16-13-19(18-7-9-20(10-8-18)31-24(27,28)29)6-5-17(16)4-3-15-11-21(25)23(30-14-32)22(26)12-15/h5-13H,2H2,1H3. The number of thiocarbonyl (C=S) groups is 1. The van der Waals surface area contributed by atoms with E-state index in [1.807, 2.05) is 18.2 Å². The molecule has 3 aromatic rings. The number of aryl methyl sites for hydroxylation is 1. The van der Waals surface area contributed by atoms with Gasteiger partial charge in [0.2, 0.25) is 0 Å². The van der Waals surface area contributed by atoms with Crippen LogP contribution in [0.15, 0.2) is 59.6 Å². The minimum Gasteiger partial charge on any atom is -0.406 e. The zero-order valence-corrected chi connectivity index (χ0v) is 17.4. The Morgan fingerprint density at radius 3 is 2.09 bits per heavy atom. The molecule has 0 radical (unpaired) electrons. The molecule has 0 fully saturated rings. The lowest BCUT2D eigenvalue weighted by Crippen LogP contribution is -2.16. The smallest absolute Gasteiger partial charge is 0.406 e. The van der Waals surface area contributed by atoms with Gasteiger partial charge in [-0.25, -0.2) is 8.78 Å². The summed E-state index contributed by atoms with van der Waals surface area (Å²) in [6.07, 6.45) is -4.13. The van der Waals surface area contributed by atoms with Crippen molar-refractivity contribution in [3.63, 3.8) is 0 Å². The molecule has 0 aliphatic heterocycles. The Bertz CT molecular complexity index is 1230. The highest BCUT2D eigenvalue weighted by atomic mass is 32.1. The van der Waals surface area contributed by atoms with E-state index in [1.54, 1.807) is 12.1 Å². The monoisotopic (exact) mass is 459 g/mol. The molecule has 0 aromatic heterocycles. The third-order valence-electron chi connectivity index (χ3n) is 4.42. The van der Waals surface area contributed by atoms with Crippen LogP contribution in [0.4, 0.5) is 27.6 Å². The number of halogens is 5. The second-order valence-corrected chi connectivity index (χ2v) is 6.72. The fraction of sp³-hybridized carbons (Fsp3) is 0.125. The minimum absolute atomic E-state index is 0.134. The summed E-state index contributed by atoms with van der Waals surface area (Å²) in [6, 6.07) is 13.0. The predicted molar refractivity (Wildman–Crippen MR) is 115 cm³/mol. The van der Waals surface area contributed by atoms with Gasteiger partial charge in [-0.1, -0.05) is 37.0 Å². The molecule has 0 N–H and O–H groups in total. The van der Waals surface area contributed by atoms with Gasteiger partial charge in [-0.2, -0.15) is 4.99 Å². The Morgan fingerprint density at radius 2 is 1.53 bits per heavy atom. The van der Waals surface area contributed by atoms with Crippen LogP contribution in [0.25, 0.3) is 11.1 Å². The van der Waals surface area contributed by atoms with Crippen LogP contribution in [0.3, 0.4) is 0 Å². The summed E-state index contributed by atoms with van der Waals surface area (Å²) in [5.41, 5.74) is 2.63. The lowest BCUT2D eigenvalue weighted by molar-refractivity contribution is -0.274. The quantitative estimate of drug-likeness (QED) is 0.178. The first kappa shape index (κ1) is 23.1. The highest BCUT2D eigenvalue weighted by Crippen LogP contribution is 2.28. The summed E-state index contributed by atoms with van der Waals surface area (Å²) in [6.45, 7) is 1.92. The maximum absolute atomic E-state index is 14.0. The van der Waals surface area contributed by atoms with E-state index in [1.165, 1.54) is 24.3 Å². The van der Waals surface area contributed by atoms with Crippen LogP contribution in [0.2, 0.25) is 0 Å². The van der Waals surface area contributed by atoms with Crippen LogP contribution in [0.5, 0.6) is 5.75 Å². The topological polar surface area (TPSA) is 21.6 Å². The van der Waals surface area contributed by atoms with Crippen LogP contribution >= 0.6 is 12.2 Å². The van der Waals surface area contributed by atoms with Crippen molar-refractivity contribution < 1.29 is 26.7 Å². The van der Waals surface area contributed by atoms with E-state index in [2.05, 4.69) is 33.8 Å². The summed E-state index contributed by atoms with van der Waals surface area (Å²) in [4.78, 5) is 3.36. The number of isothiocyanates is 1. The molecule has 0 atom stereocenters. The molecule has 0 aliphatic rings. The molecule has 32 heavy (non-hydrogen) atoms. The van der Waals surface area contributed by atoms with Crippen LogP contribution in [-0.4, -0.2) is 11.5 Å². The molecule has 162 valence electrons. The number of aliphatic imine (C=N–C) groups is 1. The van der Waals surface area contributed by atoms with Gasteiger partial charge in [-0.05, 0) is 71.7 Å². The maximum Gasteiger partial charge on any atom is 0.573 e. The molecule has 0 unspecified atom stereocenters. The van der Waals surface area contributed by atoms with Gasteiger partial charge < -0.3 is 4.74 Å². The van der Waals surface area contributed by atoms with Crippen molar-refractivity contribution in [3.8, 4) is 28.7 Å². The largest absolute Gasteiger partial charge is 0.573 e. The van der Waals surface area contributed by atoms with Gasteiger partial charge >= 0.3 is 6.36 Å². The molecule has 0 amide bonds. The highest BCUT2D eigenvalue weighted by Gasteiger charge is 2.30. The molecule has 0 bridgehead atoms. The highest BCUT2D eigenvalue weighted by molar-refractivity contribution is 7.78. The Hall–Kier alpha value is -3.53. The molecule has 0 saturated heterocycles. The Morgan fingerprint density at radius 1 is 0.906 bits per heavy atom.